The second kappa shape index (κ2) is 6.61. The predicted molar refractivity (Wildman–Crippen MR) is 85.5 cm³/mol. The van der Waals surface area contributed by atoms with E-state index in [2.05, 4.69) is 20.2 Å². The molecule has 124 valence electrons. The molecule has 2 heterocycles. The number of rotatable bonds is 5. The molecular formula is C16H18N6O2. The van der Waals surface area contributed by atoms with Gasteiger partial charge in [0.05, 0.1) is 17.8 Å². The van der Waals surface area contributed by atoms with E-state index in [1.165, 1.54) is 6.33 Å². The van der Waals surface area contributed by atoms with Gasteiger partial charge in [-0.15, -0.1) is 0 Å². The largest absolute Gasteiger partial charge is 0.339 e. The van der Waals surface area contributed by atoms with Crippen molar-refractivity contribution in [3.8, 4) is 5.69 Å². The summed E-state index contributed by atoms with van der Waals surface area (Å²) in [5.74, 6) is 1.04. The molecule has 0 unspecified atom stereocenters. The van der Waals surface area contributed by atoms with Crippen LogP contribution in [-0.2, 0) is 6.54 Å². The summed E-state index contributed by atoms with van der Waals surface area (Å²) in [4.78, 5) is 22.6. The number of nitrogens with zero attached hydrogens (tertiary/aromatic N) is 6. The monoisotopic (exact) mass is 326 g/mol. The molecule has 1 amide bonds. The van der Waals surface area contributed by atoms with Gasteiger partial charge >= 0.3 is 0 Å². The summed E-state index contributed by atoms with van der Waals surface area (Å²) < 4.78 is 6.74. The maximum atomic E-state index is 12.8. The fraction of sp³-hybridized carbons (Fsp3) is 0.312. The van der Waals surface area contributed by atoms with Gasteiger partial charge in [0.1, 0.15) is 12.7 Å². The second-order valence-corrected chi connectivity index (χ2v) is 5.72. The number of amides is 1. The first-order valence-corrected chi connectivity index (χ1v) is 7.58. The van der Waals surface area contributed by atoms with Gasteiger partial charge in [-0.1, -0.05) is 31.1 Å². The third-order valence-electron chi connectivity index (χ3n) is 3.50. The number of hydrogen-bond acceptors (Lipinski definition) is 6. The highest BCUT2D eigenvalue weighted by molar-refractivity contribution is 5.97. The quantitative estimate of drug-likeness (QED) is 0.713. The van der Waals surface area contributed by atoms with Crippen LogP contribution in [0.4, 0.5) is 0 Å². The van der Waals surface area contributed by atoms with E-state index in [0.29, 0.717) is 23.0 Å². The van der Waals surface area contributed by atoms with Crippen LogP contribution in [0.1, 0.15) is 41.8 Å². The molecule has 0 aliphatic rings. The first-order chi connectivity index (χ1) is 11.6. The minimum absolute atomic E-state index is 0.153. The Bertz CT molecular complexity index is 825. The third kappa shape index (κ3) is 3.17. The first kappa shape index (κ1) is 15.9. The lowest BCUT2D eigenvalue weighted by atomic mass is 10.1. The molecule has 0 saturated carbocycles. The molecule has 0 fully saturated rings. The van der Waals surface area contributed by atoms with Crippen molar-refractivity contribution < 1.29 is 9.32 Å². The predicted octanol–water partition coefficient (Wildman–Crippen LogP) is 2.05. The highest BCUT2D eigenvalue weighted by Crippen LogP contribution is 2.16. The zero-order valence-electron chi connectivity index (χ0n) is 13.7. The van der Waals surface area contributed by atoms with Gasteiger partial charge in [-0.05, 0) is 12.1 Å². The molecule has 24 heavy (non-hydrogen) atoms. The van der Waals surface area contributed by atoms with Crippen molar-refractivity contribution in [1.29, 1.82) is 0 Å². The number of benzene rings is 1. The average molecular weight is 326 g/mol. The van der Waals surface area contributed by atoms with Crippen molar-refractivity contribution >= 4 is 5.91 Å². The van der Waals surface area contributed by atoms with Crippen LogP contribution in [0.15, 0.2) is 41.4 Å². The Morgan fingerprint density at radius 3 is 2.79 bits per heavy atom. The summed E-state index contributed by atoms with van der Waals surface area (Å²) in [5, 5.41) is 8.01. The number of carbonyl (C=O) groups excluding carboxylic acids is 1. The van der Waals surface area contributed by atoms with E-state index in [1.54, 1.807) is 29.0 Å². The molecule has 8 nitrogen and oxygen atoms in total. The van der Waals surface area contributed by atoms with Crippen LogP contribution in [0.3, 0.4) is 0 Å². The van der Waals surface area contributed by atoms with Crippen LogP contribution < -0.4 is 0 Å². The smallest absolute Gasteiger partial charge is 0.256 e. The van der Waals surface area contributed by atoms with Crippen LogP contribution >= 0.6 is 0 Å². The van der Waals surface area contributed by atoms with Crippen LogP contribution in [-0.4, -0.2) is 42.8 Å². The highest BCUT2D eigenvalue weighted by Gasteiger charge is 2.19. The Kier molecular flexibility index (Phi) is 4.37. The Morgan fingerprint density at radius 1 is 1.33 bits per heavy atom. The molecule has 2 aromatic heterocycles. The van der Waals surface area contributed by atoms with Crippen LogP contribution in [0, 0.1) is 0 Å². The Hall–Kier alpha value is -3.03. The van der Waals surface area contributed by atoms with Crippen molar-refractivity contribution in [2.45, 2.75) is 26.3 Å². The summed E-state index contributed by atoms with van der Waals surface area (Å²) in [6.07, 6.45) is 2.98. The van der Waals surface area contributed by atoms with E-state index >= 15 is 0 Å². The Balaban J connectivity index is 1.81. The molecule has 1 aromatic carbocycles. The molecule has 0 N–H and O–H groups in total. The minimum Gasteiger partial charge on any atom is -0.339 e. The van der Waals surface area contributed by atoms with Gasteiger partial charge in [-0.3, -0.25) is 4.79 Å². The lowest BCUT2D eigenvalue weighted by Gasteiger charge is -2.17. The summed E-state index contributed by atoms with van der Waals surface area (Å²) in [7, 11) is 1.70. The normalized spacial score (nSPS) is 11.0. The zero-order valence-corrected chi connectivity index (χ0v) is 13.7. The van der Waals surface area contributed by atoms with Crippen molar-refractivity contribution in [1.82, 2.24) is 29.8 Å². The van der Waals surface area contributed by atoms with Gasteiger partial charge < -0.3 is 9.42 Å². The lowest BCUT2D eigenvalue weighted by molar-refractivity contribution is 0.0780. The summed E-state index contributed by atoms with van der Waals surface area (Å²) in [5.41, 5.74) is 1.20. The zero-order chi connectivity index (χ0) is 17.1. The molecule has 3 aromatic rings. The van der Waals surface area contributed by atoms with E-state index in [4.69, 9.17) is 4.52 Å². The number of para-hydroxylation sites is 1. The molecule has 8 heteroatoms. The van der Waals surface area contributed by atoms with E-state index in [0.717, 1.165) is 0 Å². The van der Waals surface area contributed by atoms with Gasteiger partial charge in [0.2, 0.25) is 5.89 Å². The second-order valence-electron chi connectivity index (χ2n) is 5.72. The highest BCUT2D eigenvalue weighted by atomic mass is 16.5. The summed E-state index contributed by atoms with van der Waals surface area (Å²) in [6.45, 7) is 4.21. The summed E-state index contributed by atoms with van der Waals surface area (Å²) in [6, 6.07) is 7.24. The number of hydrogen-bond donors (Lipinski definition) is 0. The molecule has 0 bridgehead atoms. The summed E-state index contributed by atoms with van der Waals surface area (Å²) >= 11 is 0. The number of aromatic nitrogens is 5. The number of carbonyl (C=O) groups is 1. The average Bonchev–Trinajstić information content (AvgIpc) is 3.25. The van der Waals surface area contributed by atoms with Crippen molar-refractivity contribution in [2.75, 3.05) is 7.05 Å². The Morgan fingerprint density at radius 2 is 2.12 bits per heavy atom. The molecule has 0 saturated heterocycles. The van der Waals surface area contributed by atoms with Crippen LogP contribution in [0.2, 0.25) is 0 Å². The first-order valence-electron chi connectivity index (χ1n) is 7.58. The topological polar surface area (TPSA) is 89.9 Å². The van der Waals surface area contributed by atoms with E-state index in [-0.39, 0.29) is 18.4 Å². The molecule has 0 atom stereocenters. The SMILES string of the molecule is CC(C)c1nc(CN(C)C(=O)c2ccccc2-n2cncn2)no1. The Labute approximate surface area is 139 Å². The molecule has 0 spiro atoms. The molecule has 0 radical (unpaired) electrons. The van der Waals surface area contributed by atoms with E-state index in [1.807, 2.05) is 32.0 Å². The molecule has 0 aliphatic carbocycles. The fourth-order valence-corrected chi connectivity index (χ4v) is 2.24. The van der Waals surface area contributed by atoms with E-state index in [9.17, 15) is 4.79 Å². The van der Waals surface area contributed by atoms with Gasteiger partial charge in [0, 0.05) is 13.0 Å². The van der Waals surface area contributed by atoms with Gasteiger partial charge in [0.15, 0.2) is 5.82 Å². The molecular weight excluding hydrogens is 308 g/mol. The standard InChI is InChI=1S/C16H18N6O2/c1-11(2)15-19-14(20-24-15)8-21(3)16(23)12-6-4-5-7-13(12)22-10-17-9-18-22/h4-7,9-11H,8H2,1-3H3. The van der Waals surface area contributed by atoms with Gasteiger partial charge in [-0.25, -0.2) is 9.67 Å². The van der Waals surface area contributed by atoms with Gasteiger partial charge in [-0.2, -0.15) is 10.1 Å². The molecule has 0 aliphatic heterocycles. The van der Waals surface area contributed by atoms with Crippen LogP contribution in [0.25, 0.3) is 5.69 Å². The lowest BCUT2D eigenvalue weighted by Crippen LogP contribution is -2.27. The maximum Gasteiger partial charge on any atom is 0.256 e. The van der Waals surface area contributed by atoms with Crippen molar-refractivity contribution in [2.24, 2.45) is 0 Å². The minimum atomic E-state index is -0.156. The van der Waals surface area contributed by atoms with Crippen molar-refractivity contribution in [3.63, 3.8) is 0 Å². The third-order valence-corrected chi connectivity index (χ3v) is 3.50. The maximum absolute atomic E-state index is 12.8. The van der Waals surface area contributed by atoms with Crippen LogP contribution in [0.5, 0.6) is 0 Å². The van der Waals surface area contributed by atoms with Gasteiger partial charge in [0.25, 0.3) is 5.91 Å². The fourth-order valence-electron chi connectivity index (χ4n) is 2.24. The van der Waals surface area contributed by atoms with E-state index < -0.39 is 0 Å². The molecule has 3 rings (SSSR count). The van der Waals surface area contributed by atoms with Crippen molar-refractivity contribution in [3.05, 3.63) is 54.2 Å².